The van der Waals surface area contributed by atoms with E-state index in [4.69, 9.17) is 0 Å². The molecule has 2 heteroatoms. The molecule has 0 heterocycles. The zero-order chi connectivity index (χ0) is 50.3. The maximum atomic E-state index is 2.52. The fourth-order valence-electron chi connectivity index (χ4n) is 14.1. The summed E-state index contributed by atoms with van der Waals surface area (Å²) in [5.41, 5.74) is 26.2. The van der Waals surface area contributed by atoms with Gasteiger partial charge in [0.15, 0.2) is 0 Å². The van der Waals surface area contributed by atoms with Gasteiger partial charge in [-0.25, -0.2) is 0 Å². The van der Waals surface area contributed by atoms with Gasteiger partial charge in [0.25, 0.3) is 0 Å². The molecule has 0 radical (unpaired) electrons. The van der Waals surface area contributed by atoms with Crippen LogP contribution in [0.15, 0.2) is 224 Å². The van der Waals surface area contributed by atoms with E-state index in [-0.39, 0.29) is 16.2 Å². The lowest BCUT2D eigenvalue weighted by Gasteiger charge is -2.38. The highest BCUT2D eigenvalue weighted by molar-refractivity contribution is 6.19. The van der Waals surface area contributed by atoms with Crippen LogP contribution >= 0.6 is 0 Å². The molecule has 0 aromatic heterocycles. The van der Waals surface area contributed by atoms with Crippen molar-refractivity contribution in [1.29, 1.82) is 0 Å². The monoisotopic (exact) mass is 950 g/mol. The number of fused-ring (bicyclic) bond motifs is 10. The second kappa shape index (κ2) is 16.0. The van der Waals surface area contributed by atoms with Gasteiger partial charge in [-0.3, -0.25) is 0 Å². The van der Waals surface area contributed by atoms with Gasteiger partial charge in [0.2, 0.25) is 0 Å². The molecule has 0 aliphatic heterocycles. The van der Waals surface area contributed by atoms with Gasteiger partial charge >= 0.3 is 0 Å². The summed E-state index contributed by atoms with van der Waals surface area (Å²) in [5.74, 6) is 0. The van der Waals surface area contributed by atoms with Gasteiger partial charge in [-0.15, -0.1) is 0 Å². The first kappa shape index (κ1) is 44.3. The number of para-hydroxylation sites is 2. The van der Waals surface area contributed by atoms with Crippen LogP contribution in [0.1, 0.15) is 80.5 Å². The lowest BCUT2D eigenvalue weighted by atomic mass is 9.67. The van der Waals surface area contributed by atoms with Gasteiger partial charge in [-0.2, -0.15) is 0 Å². The van der Waals surface area contributed by atoms with E-state index < -0.39 is 0 Å². The van der Waals surface area contributed by atoms with Crippen LogP contribution in [0, 0.1) is 6.92 Å². The fraction of sp³-hybridized carbons (Fsp3) is 0.139. The summed E-state index contributed by atoms with van der Waals surface area (Å²) in [6.07, 6.45) is 0. The number of hydrogen-bond donors (Lipinski definition) is 0. The summed E-state index contributed by atoms with van der Waals surface area (Å²) >= 11 is 0. The highest BCUT2D eigenvalue weighted by Gasteiger charge is 2.43. The predicted octanol–water partition coefficient (Wildman–Crippen LogP) is 19.8. The average molecular weight is 951 g/mol. The molecular weight excluding hydrogens is 893 g/mol. The molecule has 0 fully saturated rings. The second-order valence-corrected chi connectivity index (χ2v) is 22.4. The summed E-state index contributed by atoms with van der Waals surface area (Å²) in [7, 11) is 0. The van der Waals surface area contributed by atoms with E-state index >= 15 is 0 Å². The lowest BCUT2D eigenvalue weighted by Crippen LogP contribution is -2.25. The molecule has 0 atom stereocenters. The Morgan fingerprint density at radius 2 is 0.797 bits per heavy atom. The van der Waals surface area contributed by atoms with Crippen molar-refractivity contribution in [3.05, 3.63) is 263 Å². The zero-order valence-electron chi connectivity index (χ0n) is 43.3. The molecule has 74 heavy (non-hydrogen) atoms. The summed E-state index contributed by atoms with van der Waals surface area (Å²) in [6.45, 7) is 16.9. The quantitative estimate of drug-likeness (QED) is 0.147. The summed E-state index contributed by atoms with van der Waals surface area (Å²) < 4.78 is 0. The maximum absolute atomic E-state index is 2.52. The Morgan fingerprint density at radius 1 is 0.297 bits per heavy atom. The number of benzene rings is 11. The molecule has 0 saturated carbocycles. The molecule has 356 valence electrons. The minimum Gasteiger partial charge on any atom is -0.310 e. The smallest absolute Gasteiger partial charge is 0.0508 e. The van der Waals surface area contributed by atoms with Crippen LogP contribution in [0.2, 0.25) is 0 Å². The standard InChI is InChI=1S/C72H58N2/c1-45-51-41-39-49(73(47-25-13-9-14-26-47)63-37-21-33-55-53-29-17-18-35-60(53)71(4,5)68(55)63)43-59(51)54-31-20-36-61-66(54)65(45)58-42-40-50(44-62(58)70(61,2)3)74(48-27-15-10-16-28-48)64-38-22-34-57-56-32-19-30-52(46-23-11-8-12-24-46)67(56)72(6,7)69(57)64/h8-44H,1-7H3. The van der Waals surface area contributed by atoms with E-state index in [9.17, 15) is 0 Å². The zero-order valence-corrected chi connectivity index (χ0v) is 43.3. The normalized spacial score (nSPS) is 14.7. The third kappa shape index (κ3) is 6.18. The Morgan fingerprint density at radius 3 is 1.47 bits per heavy atom. The third-order valence-corrected chi connectivity index (χ3v) is 17.3. The van der Waals surface area contributed by atoms with Gasteiger partial charge < -0.3 is 9.80 Å². The van der Waals surface area contributed by atoms with Gasteiger partial charge in [-0.1, -0.05) is 205 Å². The molecule has 3 aliphatic rings. The van der Waals surface area contributed by atoms with Crippen LogP contribution < -0.4 is 9.80 Å². The van der Waals surface area contributed by atoms with Crippen LogP contribution in [0.5, 0.6) is 0 Å². The number of aryl methyl sites for hydroxylation is 1. The van der Waals surface area contributed by atoms with Crippen LogP contribution in [-0.4, -0.2) is 0 Å². The molecule has 0 spiro atoms. The first-order valence-corrected chi connectivity index (χ1v) is 26.4. The van der Waals surface area contributed by atoms with Crippen molar-refractivity contribution >= 4 is 55.7 Å². The Hall–Kier alpha value is -8.46. The van der Waals surface area contributed by atoms with Crippen LogP contribution in [0.25, 0.3) is 66.1 Å². The highest BCUT2D eigenvalue weighted by Crippen LogP contribution is 2.59. The maximum Gasteiger partial charge on any atom is 0.0508 e. The van der Waals surface area contributed by atoms with E-state index in [1.807, 2.05) is 0 Å². The lowest BCUT2D eigenvalue weighted by molar-refractivity contribution is 0.645. The van der Waals surface area contributed by atoms with Gasteiger partial charge in [0.05, 0.1) is 11.4 Å². The molecule has 11 aromatic rings. The molecule has 0 bridgehead atoms. The number of nitrogens with zero attached hydrogens (tertiary/aromatic N) is 2. The molecule has 3 aliphatic carbocycles. The number of anilines is 6. The Kier molecular flexibility index (Phi) is 9.58. The molecule has 0 amide bonds. The topological polar surface area (TPSA) is 6.48 Å². The predicted molar refractivity (Wildman–Crippen MR) is 314 cm³/mol. The van der Waals surface area contributed by atoms with Crippen LogP contribution in [-0.2, 0) is 16.2 Å². The second-order valence-electron chi connectivity index (χ2n) is 22.4. The molecular formula is C72H58N2. The van der Waals surface area contributed by atoms with E-state index in [0.29, 0.717) is 0 Å². The first-order chi connectivity index (χ1) is 35.9. The van der Waals surface area contributed by atoms with E-state index in [1.54, 1.807) is 0 Å². The summed E-state index contributed by atoms with van der Waals surface area (Å²) in [6, 6.07) is 84.1. The minimum atomic E-state index is -0.308. The number of rotatable bonds is 7. The molecule has 0 N–H and O–H groups in total. The first-order valence-electron chi connectivity index (χ1n) is 26.4. The van der Waals surface area contributed by atoms with E-state index in [0.717, 1.165) is 22.7 Å². The van der Waals surface area contributed by atoms with Gasteiger partial charge in [0.1, 0.15) is 0 Å². The van der Waals surface area contributed by atoms with E-state index in [2.05, 4.69) is 283 Å². The van der Waals surface area contributed by atoms with Crippen LogP contribution in [0.4, 0.5) is 34.1 Å². The number of hydrogen-bond acceptors (Lipinski definition) is 2. The van der Waals surface area contributed by atoms with Crippen molar-refractivity contribution < 1.29 is 0 Å². The average Bonchev–Trinajstić information content (AvgIpc) is 3.88. The van der Waals surface area contributed by atoms with Crippen molar-refractivity contribution in [2.75, 3.05) is 9.80 Å². The highest BCUT2D eigenvalue weighted by atomic mass is 15.2. The van der Waals surface area contributed by atoms with Crippen molar-refractivity contribution in [2.45, 2.75) is 64.7 Å². The molecule has 2 nitrogen and oxygen atoms in total. The Bertz CT molecular complexity index is 4100. The largest absolute Gasteiger partial charge is 0.310 e. The molecule has 14 rings (SSSR count). The molecule has 11 aromatic carbocycles. The minimum absolute atomic E-state index is 0.177. The van der Waals surface area contributed by atoms with E-state index in [1.165, 1.54) is 116 Å². The third-order valence-electron chi connectivity index (χ3n) is 17.3. The van der Waals surface area contributed by atoms with Crippen LogP contribution in [0.3, 0.4) is 0 Å². The van der Waals surface area contributed by atoms with Crippen molar-refractivity contribution in [2.24, 2.45) is 0 Å². The molecule has 0 unspecified atom stereocenters. The fourth-order valence-corrected chi connectivity index (χ4v) is 14.1. The summed E-state index contributed by atoms with van der Waals surface area (Å²) in [4.78, 5) is 5.02. The molecule has 0 saturated heterocycles. The van der Waals surface area contributed by atoms with Crippen molar-refractivity contribution in [3.8, 4) is 44.5 Å². The van der Waals surface area contributed by atoms with Crippen molar-refractivity contribution in [3.63, 3.8) is 0 Å². The Balaban J connectivity index is 0.941. The van der Waals surface area contributed by atoms with Gasteiger partial charge in [0, 0.05) is 39.0 Å². The van der Waals surface area contributed by atoms with Crippen molar-refractivity contribution in [1.82, 2.24) is 0 Å². The summed E-state index contributed by atoms with van der Waals surface area (Å²) in [5, 5.41) is 5.21. The SMILES string of the molecule is Cc1c2c3c(cccc3c3cc(N(c4ccccc4)c4cccc5c4C(C)(C)c4ccccc4-5)ccc13)C(C)(C)c1cc(N(c3ccccc3)c3cccc4c3C(C)(C)c3c(-c5ccccc5)cccc3-4)ccc1-2. The Labute approximate surface area is 435 Å². The van der Waals surface area contributed by atoms with Gasteiger partial charge in [-0.05, 0) is 173 Å².